The van der Waals surface area contributed by atoms with Crippen LogP contribution in [0, 0.1) is 5.92 Å². The van der Waals surface area contributed by atoms with Gasteiger partial charge in [-0.05, 0) is 31.0 Å². The number of ether oxygens (including phenoxy) is 3. The molecule has 0 spiro atoms. The van der Waals surface area contributed by atoms with Gasteiger partial charge in [0.05, 0.1) is 26.7 Å². The van der Waals surface area contributed by atoms with E-state index in [0.717, 1.165) is 17.7 Å². The molecule has 0 fully saturated rings. The van der Waals surface area contributed by atoms with Gasteiger partial charge >= 0.3 is 5.97 Å². The summed E-state index contributed by atoms with van der Waals surface area (Å²) in [4.78, 5) is 11.6. The van der Waals surface area contributed by atoms with Crippen LogP contribution in [0.5, 0.6) is 5.75 Å². The first-order chi connectivity index (χ1) is 11.7. The zero-order chi connectivity index (χ0) is 17.2. The molecule has 1 aromatic rings. The Morgan fingerprint density at radius 2 is 2.04 bits per heavy atom. The van der Waals surface area contributed by atoms with E-state index in [-0.39, 0.29) is 11.9 Å². The summed E-state index contributed by atoms with van der Waals surface area (Å²) in [5.74, 6) is 1.05. The van der Waals surface area contributed by atoms with Crippen molar-refractivity contribution >= 4 is 5.97 Å². The smallest absolute Gasteiger partial charge is 0.306 e. The molecule has 1 aliphatic rings. The van der Waals surface area contributed by atoms with Crippen LogP contribution in [-0.4, -0.2) is 32.9 Å². The van der Waals surface area contributed by atoms with Crippen molar-refractivity contribution in [3.63, 3.8) is 0 Å². The second-order valence-electron chi connectivity index (χ2n) is 5.83. The van der Waals surface area contributed by atoms with Crippen LogP contribution in [0.25, 0.3) is 0 Å². The standard InChI is InChI=1S/C20H26O4/c1-3-23-15-18(13-20(21)22-2)17-9-11-19(12-10-17)24-14-16-7-5-4-6-8-16/h4-7,9-12,16,18H,3,8,13-15H2,1-2H3/t16?,18-/m1/s1. The number of hydrogen-bond acceptors (Lipinski definition) is 4. The minimum Gasteiger partial charge on any atom is -0.493 e. The highest BCUT2D eigenvalue weighted by Crippen LogP contribution is 2.24. The predicted molar refractivity (Wildman–Crippen MR) is 94.2 cm³/mol. The quantitative estimate of drug-likeness (QED) is 0.645. The van der Waals surface area contributed by atoms with Crippen LogP contribution < -0.4 is 4.74 Å². The molecule has 0 heterocycles. The summed E-state index contributed by atoms with van der Waals surface area (Å²) in [6.07, 6.45) is 9.78. The van der Waals surface area contributed by atoms with Gasteiger partial charge in [-0.2, -0.15) is 0 Å². The Balaban J connectivity index is 1.92. The Labute approximate surface area is 144 Å². The number of methoxy groups -OCH3 is 1. The molecule has 0 aliphatic heterocycles. The zero-order valence-corrected chi connectivity index (χ0v) is 14.4. The van der Waals surface area contributed by atoms with Crippen molar-refractivity contribution in [1.29, 1.82) is 0 Å². The van der Waals surface area contributed by atoms with Crippen molar-refractivity contribution in [3.05, 3.63) is 54.1 Å². The summed E-state index contributed by atoms with van der Waals surface area (Å²) < 4.78 is 16.1. The van der Waals surface area contributed by atoms with Crippen molar-refractivity contribution in [2.45, 2.75) is 25.7 Å². The third-order valence-electron chi connectivity index (χ3n) is 4.05. The number of allylic oxidation sites excluding steroid dienone is 3. The van der Waals surface area contributed by atoms with E-state index in [4.69, 9.17) is 14.2 Å². The first-order valence-electron chi connectivity index (χ1n) is 8.43. The fourth-order valence-electron chi connectivity index (χ4n) is 2.61. The van der Waals surface area contributed by atoms with E-state index in [1.807, 2.05) is 31.2 Å². The summed E-state index contributed by atoms with van der Waals surface area (Å²) in [5.41, 5.74) is 1.06. The average molecular weight is 330 g/mol. The van der Waals surface area contributed by atoms with E-state index in [1.165, 1.54) is 7.11 Å². The minimum absolute atomic E-state index is 0.00198. The van der Waals surface area contributed by atoms with E-state index in [0.29, 0.717) is 32.2 Å². The minimum atomic E-state index is -0.225. The summed E-state index contributed by atoms with van der Waals surface area (Å²) >= 11 is 0. The second-order valence-corrected chi connectivity index (χ2v) is 5.83. The summed E-state index contributed by atoms with van der Waals surface area (Å²) in [6.45, 7) is 3.75. The molecule has 2 atom stereocenters. The SMILES string of the molecule is CCOC[C@@H](CC(=O)OC)c1ccc(OCC2C=CC=CC2)cc1. The summed E-state index contributed by atoms with van der Waals surface area (Å²) in [7, 11) is 1.41. The highest BCUT2D eigenvalue weighted by molar-refractivity contribution is 5.70. The van der Waals surface area contributed by atoms with Gasteiger partial charge in [-0.25, -0.2) is 0 Å². The number of hydrogen-bond donors (Lipinski definition) is 0. The maximum absolute atomic E-state index is 11.6. The Morgan fingerprint density at radius 3 is 2.67 bits per heavy atom. The van der Waals surface area contributed by atoms with Gasteiger partial charge in [0.25, 0.3) is 0 Å². The lowest BCUT2D eigenvalue weighted by Crippen LogP contribution is -2.14. The number of carbonyl (C=O) groups is 1. The normalized spacial score (nSPS) is 17.5. The first kappa shape index (κ1) is 18.3. The maximum atomic E-state index is 11.6. The summed E-state index contributed by atoms with van der Waals surface area (Å²) in [6, 6.07) is 7.90. The molecule has 1 aliphatic carbocycles. The highest BCUT2D eigenvalue weighted by atomic mass is 16.5. The molecule has 4 heteroatoms. The maximum Gasteiger partial charge on any atom is 0.306 e. The third-order valence-corrected chi connectivity index (χ3v) is 4.05. The molecule has 1 aromatic carbocycles. The number of rotatable bonds is 9. The lowest BCUT2D eigenvalue weighted by Gasteiger charge is -2.17. The van der Waals surface area contributed by atoms with E-state index >= 15 is 0 Å². The molecule has 0 aromatic heterocycles. The molecule has 2 rings (SSSR count). The van der Waals surface area contributed by atoms with Crippen LogP contribution in [-0.2, 0) is 14.3 Å². The van der Waals surface area contributed by atoms with Crippen molar-refractivity contribution in [2.75, 3.05) is 26.9 Å². The fraction of sp³-hybridized carbons (Fsp3) is 0.450. The van der Waals surface area contributed by atoms with Gasteiger partial charge in [-0.1, -0.05) is 36.4 Å². The van der Waals surface area contributed by atoms with E-state index < -0.39 is 0 Å². The van der Waals surface area contributed by atoms with Crippen molar-refractivity contribution in [3.8, 4) is 5.75 Å². The molecule has 0 saturated heterocycles. The molecule has 0 amide bonds. The largest absolute Gasteiger partial charge is 0.493 e. The van der Waals surface area contributed by atoms with Gasteiger partial charge in [0, 0.05) is 18.4 Å². The molecular formula is C20H26O4. The number of carbonyl (C=O) groups excluding carboxylic acids is 1. The van der Waals surface area contributed by atoms with Gasteiger partial charge in [0.15, 0.2) is 0 Å². The molecule has 24 heavy (non-hydrogen) atoms. The van der Waals surface area contributed by atoms with Crippen molar-refractivity contribution < 1.29 is 19.0 Å². The number of benzene rings is 1. The van der Waals surface area contributed by atoms with Crippen LogP contribution in [0.3, 0.4) is 0 Å². The second kappa shape index (κ2) is 9.93. The molecule has 130 valence electrons. The molecule has 1 unspecified atom stereocenters. The fourth-order valence-corrected chi connectivity index (χ4v) is 2.61. The molecule has 0 radical (unpaired) electrons. The van der Waals surface area contributed by atoms with Crippen LogP contribution in [0.4, 0.5) is 0 Å². The van der Waals surface area contributed by atoms with Gasteiger partial charge in [-0.3, -0.25) is 4.79 Å². The van der Waals surface area contributed by atoms with Crippen LogP contribution in [0.1, 0.15) is 31.2 Å². The monoisotopic (exact) mass is 330 g/mol. The zero-order valence-electron chi connectivity index (χ0n) is 14.4. The Hall–Kier alpha value is -2.07. The molecule has 0 saturated carbocycles. The highest BCUT2D eigenvalue weighted by Gasteiger charge is 2.17. The van der Waals surface area contributed by atoms with Crippen LogP contribution in [0.15, 0.2) is 48.6 Å². The third kappa shape index (κ3) is 5.85. The Kier molecular flexibility index (Phi) is 7.56. The van der Waals surface area contributed by atoms with Crippen LogP contribution in [0.2, 0.25) is 0 Å². The molecule has 0 N–H and O–H groups in total. The van der Waals surface area contributed by atoms with E-state index in [9.17, 15) is 4.79 Å². The van der Waals surface area contributed by atoms with Gasteiger partial charge < -0.3 is 14.2 Å². The van der Waals surface area contributed by atoms with E-state index in [2.05, 4.69) is 24.3 Å². The first-order valence-corrected chi connectivity index (χ1v) is 8.43. The van der Waals surface area contributed by atoms with Gasteiger partial charge in [0.1, 0.15) is 5.75 Å². The lowest BCUT2D eigenvalue weighted by atomic mass is 9.96. The molecule has 0 bridgehead atoms. The predicted octanol–water partition coefficient (Wildman–Crippen LogP) is 3.88. The Morgan fingerprint density at radius 1 is 1.25 bits per heavy atom. The van der Waals surface area contributed by atoms with Gasteiger partial charge in [-0.15, -0.1) is 0 Å². The lowest BCUT2D eigenvalue weighted by molar-refractivity contribution is -0.141. The van der Waals surface area contributed by atoms with E-state index in [1.54, 1.807) is 0 Å². The Bertz CT molecular complexity index is 560. The summed E-state index contributed by atoms with van der Waals surface area (Å²) in [5, 5.41) is 0. The van der Waals surface area contributed by atoms with Crippen molar-refractivity contribution in [2.24, 2.45) is 5.92 Å². The topological polar surface area (TPSA) is 44.8 Å². The van der Waals surface area contributed by atoms with Gasteiger partial charge in [0.2, 0.25) is 0 Å². The number of esters is 1. The molecular weight excluding hydrogens is 304 g/mol. The average Bonchev–Trinajstić information content (AvgIpc) is 2.64. The molecule has 4 nitrogen and oxygen atoms in total. The van der Waals surface area contributed by atoms with Crippen LogP contribution >= 0.6 is 0 Å². The van der Waals surface area contributed by atoms with Crippen molar-refractivity contribution in [1.82, 2.24) is 0 Å².